The maximum atomic E-state index is 12.4. The first-order valence-corrected chi connectivity index (χ1v) is 8.37. The molecule has 0 aromatic heterocycles. The van der Waals surface area contributed by atoms with Crippen LogP contribution in [0, 0.1) is 0 Å². The van der Waals surface area contributed by atoms with Crippen molar-refractivity contribution in [3.63, 3.8) is 0 Å². The van der Waals surface area contributed by atoms with E-state index in [1.807, 2.05) is 5.32 Å². The predicted molar refractivity (Wildman–Crippen MR) is 95.5 cm³/mol. The van der Waals surface area contributed by atoms with E-state index in [0.717, 1.165) is 6.92 Å². The minimum Gasteiger partial charge on any atom is -0.479 e. The van der Waals surface area contributed by atoms with Gasteiger partial charge in [-0.25, -0.2) is 4.79 Å². The van der Waals surface area contributed by atoms with Crippen LogP contribution in [-0.2, 0) is 24.0 Å². The van der Waals surface area contributed by atoms with Gasteiger partial charge in [0.05, 0.1) is 6.04 Å². The number of ketones is 2. The summed E-state index contributed by atoms with van der Waals surface area (Å²) in [6.45, 7) is 2.83. The van der Waals surface area contributed by atoms with Gasteiger partial charge in [-0.3, -0.25) is 19.2 Å². The second kappa shape index (κ2) is 10.2. The van der Waals surface area contributed by atoms with Crippen LogP contribution in [0.3, 0.4) is 0 Å². The van der Waals surface area contributed by atoms with Crippen molar-refractivity contribution in [3.05, 3.63) is 35.9 Å². The number of aliphatic carboxylic acids is 1. The van der Waals surface area contributed by atoms with Gasteiger partial charge in [-0.15, -0.1) is 0 Å². The molecule has 0 aliphatic rings. The first-order valence-electron chi connectivity index (χ1n) is 8.37. The van der Waals surface area contributed by atoms with Crippen LogP contribution in [0.1, 0.15) is 38.3 Å². The van der Waals surface area contributed by atoms with E-state index in [2.05, 4.69) is 5.32 Å². The van der Waals surface area contributed by atoms with Gasteiger partial charge >= 0.3 is 5.97 Å². The summed E-state index contributed by atoms with van der Waals surface area (Å²) in [6.07, 6.45) is 0.854. The van der Waals surface area contributed by atoms with Gasteiger partial charge in [0.15, 0.2) is 17.9 Å². The average molecular weight is 377 g/mol. The zero-order valence-corrected chi connectivity index (χ0v) is 15.1. The van der Waals surface area contributed by atoms with Gasteiger partial charge in [0.2, 0.25) is 5.78 Å². The molecule has 5 N–H and O–H groups in total. The van der Waals surface area contributed by atoms with Crippen LogP contribution in [0.2, 0.25) is 0 Å². The molecule has 1 aromatic rings. The standard InChI is InChI=1S/C18H23N3O6/c1-3-7-12(19)15(23)17(25)20-13(10(2)22)16(24)21-14(18(26)27)11-8-5-4-6-9-11/h4-6,8-9,12-14H,3,7,19H2,1-2H3,(H,20,25)(H,21,24)(H,26,27)/t12?,13-,14-/m0/s1. The Labute approximate surface area is 156 Å². The molecule has 3 atom stereocenters. The molecular weight excluding hydrogens is 354 g/mol. The zero-order valence-electron chi connectivity index (χ0n) is 15.1. The first kappa shape index (κ1) is 22.0. The number of nitrogens with one attached hydrogen (secondary N) is 2. The van der Waals surface area contributed by atoms with Gasteiger partial charge in [0.25, 0.3) is 11.8 Å². The largest absolute Gasteiger partial charge is 0.479 e. The van der Waals surface area contributed by atoms with E-state index in [-0.39, 0.29) is 12.0 Å². The molecule has 0 aliphatic carbocycles. The van der Waals surface area contributed by atoms with E-state index in [4.69, 9.17) is 5.73 Å². The first-order chi connectivity index (χ1) is 12.7. The van der Waals surface area contributed by atoms with Crippen LogP contribution in [0.5, 0.6) is 0 Å². The van der Waals surface area contributed by atoms with Gasteiger partial charge in [0.1, 0.15) is 0 Å². The lowest BCUT2D eigenvalue weighted by molar-refractivity contribution is -0.145. The molecule has 1 unspecified atom stereocenters. The predicted octanol–water partition coefficient (Wildman–Crippen LogP) is -0.301. The monoisotopic (exact) mass is 377 g/mol. The lowest BCUT2D eigenvalue weighted by atomic mass is 10.0. The topological polar surface area (TPSA) is 156 Å². The number of amides is 2. The molecule has 0 aliphatic heterocycles. The van der Waals surface area contributed by atoms with Crippen molar-refractivity contribution in [1.82, 2.24) is 10.6 Å². The third-order valence-corrected chi connectivity index (χ3v) is 3.77. The van der Waals surface area contributed by atoms with E-state index in [0.29, 0.717) is 6.42 Å². The molecule has 146 valence electrons. The number of carbonyl (C=O) groups excluding carboxylic acids is 4. The van der Waals surface area contributed by atoms with Crippen LogP contribution in [0.25, 0.3) is 0 Å². The van der Waals surface area contributed by atoms with Crippen molar-refractivity contribution in [1.29, 1.82) is 0 Å². The number of nitrogens with two attached hydrogens (primary N) is 1. The van der Waals surface area contributed by atoms with E-state index in [1.165, 1.54) is 12.1 Å². The molecule has 9 nitrogen and oxygen atoms in total. The van der Waals surface area contributed by atoms with Gasteiger partial charge < -0.3 is 21.5 Å². The van der Waals surface area contributed by atoms with Crippen molar-refractivity contribution < 1.29 is 29.1 Å². The molecule has 0 radical (unpaired) electrons. The van der Waals surface area contributed by atoms with Gasteiger partial charge in [-0.05, 0) is 18.9 Å². The Kier molecular flexibility index (Phi) is 8.28. The molecule has 0 bridgehead atoms. The van der Waals surface area contributed by atoms with Gasteiger partial charge in [0, 0.05) is 0 Å². The van der Waals surface area contributed by atoms with E-state index in [9.17, 15) is 29.1 Å². The highest BCUT2D eigenvalue weighted by atomic mass is 16.4. The molecule has 0 saturated carbocycles. The molecule has 27 heavy (non-hydrogen) atoms. The van der Waals surface area contributed by atoms with Crippen LogP contribution in [0.4, 0.5) is 0 Å². The average Bonchev–Trinajstić information content (AvgIpc) is 2.63. The number of Topliss-reactive ketones (excluding diaryl/α,β-unsaturated/α-hetero) is 2. The highest BCUT2D eigenvalue weighted by Gasteiger charge is 2.32. The summed E-state index contributed by atoms with van der Waals surface area (Å²) in [5, 5.41) is 13.6. The third kappa shape index (κ3) is 6.30. The third-order valence-electron chi connectivity index (χ3n) is 3.77. The van der Waals surface area contributed by atoms with Crippen molar-refractivity contribution in [2.24, 2.45) is 5.73 Å². The number of carboxylic acid groups (broad SMARTS) is 1. The van der Waals surface area contributed by atoms with Crippen molar-refractivity contribution in [2.45, 2.75) is 44.8 Å². The van der Waals surface area contributed by atoms with E-state index >= 15 is 0 Å². The smallest absolute Gasteiger partial charge is 0.330 e. The number of benzene rings is 1. The number of carbonyl (C=O) groups is 5. The van der Waals surface area contributed by atoms with E-state index < -0.39 is 47.5 Å². The van der Waals surface area contributed by atoms with Crippen LogP contribution >= 0.6 is 0 Å². The second-order valence-corrected chi connectivity index (χ2v) is 5.97. The fraction of sp³-hybridized carbons (Fsp3) is 0.389. The number of hydrogen-bond donors (Lipinski definition) is 4. The fourth-order valence-electron chi connectivity index (χ4n) is 2.32. The highest BCUT2D eigenvalue weighted by molar-refractivity contribution is 6.39. The maximum absolute atomic E-state index is 12.4. The SMILES string of the molecule is CCCC(N)C(=O)C(=O)N[C@@H](C(C)=O)C(=O)N[C@H](C(=O)O)c1ccccc1. The summed E-state index contributed by atoms with van der Waals surface area (Å²) in [6, 6.07) is 3.68. The summed E-state index contributed by atoms with van der Waals surface area (Å²) >= 11 is 0. The van der Waals surface area contributed by atoms with Crippen LogP contribution in [-0.4, -0.2) is 46.5 Å². The quantitative estimate of drug-likeness (QED) is 0.322. The summed E-state index contributed by atoms with van der Waals surface area (Å²) in [7, 11) is 0. The highest BCUT2D eigenvalue weighted by Crippen LogP contribution is 2.13. The summed E-state index contributed by atoms with van der Waals surface area (Å²) in [5.41, 5.74) is 5.86. The van der Waals surface area contributed by atoms with Crippen molar-refractivity contribution >= 4 is 29.4 Å². The zero-order chi connectivity index (χ0) is 20.6. The molecule has 0 heterocycles. The lowest BCUT2D eigenvalue weighted by Gasteiger charge is -2.20. The Morgan fingerprint density at radius 3 is 2.15 bits per heavy atom. The summed E-state index contributed by atoms with van der Waals surface area (Å²) < 4.78 is 0. The Balaban J connectivity index is 2.91. The molecule has 0 fully saturated rings. The molecule has 0 saturated heterocycles. The number of carboxylic acids is 1. The maximum Gasteiger partial charge on any atom is 0.330 e. The number of rotatable bonds is 10. The summed E-state index contributed by atoms with van der Waals surface area (Å²) in [4.78, 5) is 59.5. The van der Waals surface area contributed by atoms with E-state index in [1.54, 1.807) is 25.1 Å². The Morgan fingerprint density at radius 2 is 1.67 bits per heavy atom. The van der Waals surface area contributed by atoms with Crippen molar-refractivity contribution in [2.75, 3.05) is 0 Å². The Hall–Kier alpha value is -3.07. The Morgan fingerprint density at radius 1 is 1.07 bits per heavy atom. The van der Waals surface area contributed by atoms with Gasteiger partial charge in [-0.1, -0.05) is 43.7 Å². The normalized spacial score (nSPS) is 13.7. The molecule has 9 heteroatoms. The minimum absolute atomic E-state index is 0.276. The van der Waals surface area contributed by atoms with Crippen LogP contribution in [0.15, 0.2) is 30.3 Å². The molecule has 0 spiro atoms. The molecule has 1 aromatic carbocycles. The molecule has 2 amide bonds. The Bertz CT molecular complexity index is 719. The minimum atomic E-state index is -1.71. The fourth-order valence-corrected chi connectivity index (χ4v) is 2.32. The van der Waals surface area contributed by atoms with Gasteiger partial charge in [-0.2, -0.15) is 0 Å². The van der Waals surface area contributed by atoms with Crippen molar-refractivity contribution in [3.8, 4) is 0 Å². The summed E-state index contributed by atoms with van der Waals surface area (Å²) in [5.74, 6) is -5.25. The van der Waals surface area contributed by atoms with Crippen LogP contribution < -0.4 is 16.4 Å². The molecular formula is C18H23N3O6. The molecule has 1 rings (SSSR count). The lowest BCUT2D eigenvalue weighted by Crippen LogP contribution is -2.55. The number of hydrogen-bond acceptors (Lipinski definition) is 6. The second-order valence-electron chi connectivity index (χ2n) is 5.97.